The summed E-state index contributed by atoms with van der Waals surface area (Å²) >= 11 is 0. The molecular formula is C34H44N2O5. The molecule has 0 spiro atoms. The van der Waals surface area contributed by atoms with E-state index in [-0.39, 0.29) is 49.3 Å². The van der Waals surface area contributed by atoms with Crippen molar-refractivity contribution in [1.82, 2.24) is 10.2 Å². The average Bonchev–Trinajstić information content (AvgIpc) is 3.48. The van der Waals surface area contributed by atoms with Crippen molar-refractivity contribution in [2.75, 3.05) is 19.7 Å². The molecule has 220 valence electrons. The highest BCUT2D eigenvalue weighted by molar-refractivity contribution is 5.86. The molecule has 7 heteroatoms. The maximum absolute atomic E-state index is 13.5. The van der Waals surface area contributed by atoms with Gasteiger partial charge in [-0.05, 0) is 56.1 Å². The number of aliphatic hydroxyl groups is 1. The standard InChI is InChI=1S/C34H44N2O5/c1-3-5-8-19-29(22-26-15-9-6-10-16-26)34(40)41-31(27-17-11-7-12-18-27)24-35-33(39)28(14-4-2)23-32(38)36-21-13-20-30(36)25-37/h3-4,6-7,9-12,15-18,28-31,37H,1-2,5,8,13-14,19-25H2,(H,35,39)/t28-,29+,30-,31+/m0/s1. The number of unbranched alkanes of at least 4 members (excludes halogenated alkanes) is 1. The van der Waals surface area contributed by atoms with Crippen molar-refractivity contribution in [2.24, 2.45) is 11.8 Å². The summed E-state index contributed by atoms with van der Waals surface area (Å²) in [6, 6.07) is 19.1. The van der Waals surface area contributed by atoms with Gasteiger partial charge in [0.15, 0.2) is 0 Å². The lowest BCUT2D eigenvalue weighted by Gasteiger charge is -2.26. The van der Waals surface area contributed by atoms with Crippen LogP contribution in [0.4, 0.5) is 0 Å². The first-order chi connectivity index (χ1) is 20.0. The number of likely N-dealkylation sites (tertiary alicyclic amines) is 1. The van der Waals surface area contributed by atoms with E-state index in [2.05, 4.69) is 18.5 Å². The van der Waals surface area contributed by atoms with Gasteiger partial charge in [-0.3, -0.25) is 14.4 Å². The summed E-state index contributed by atoms with van der Waals surface area (Å²) in [4.78, 5) is 41.4. The Morgan fingerprint density at radius 2 is 1.73 bits per heavy atom. The summed E-state index contributed by atoms with van der Waals surface area (Å²) in [5, 5.41) is 12.5. The van der Waals surface area contributed by atoms with Gasteiger partial charge in [0.05, 0.1) is 31.0 Å². The van der Waals surface area contributed by atoms with Crippen molar-refractivity contribution < 1.29 is 24.2 Å². The SMILES string of the molecule is C=CCCC[C@H](Cc1ccccc1)C(=O)O[C@H](CNC(=O)[C@@H](CC=C)CC(=O)N1CCC[C@H]1CO)c1ccccc1. The van der Waals surface area contributed by atoms with Crippen molar-refractivity contribution in [3.05, 3.63) is 97.1 Å². The molecule has 0 saturated carbocycles. The van der Waals surface area contributed by atoms with E-state index in [1.807, 2.05) is 66.7 Å². The predicted molar refractivity (Wildman–Crippen MR) is 161 cm³/mol. The molecule has 7 nitrogen and oxygen atoms in total. The molecule has 41 heavy (non-hydrogen) atoms. The Bertz CT molecular complexity index is 1120. The van der Waals surface area contributed by atoms with Gasteiger partial charge in [0.1, 0.15) is 6.10 Å². The number of carbonyl (C=O) groups excluding carboxylic acids is 3. The smallest absolute Gasteiger partial charge is 0.309 e. The molecule has 0 aliphatic carbocycles. The van der Waals surface area contributed by atoms with Crippen molar-refractivity contribution in [1.29, 1.82) is 0 Å². The summed E-state index contributed by atoms with van der Waals surface area (Å²) < 4.78 is 6.08. The van der Waals surface area contributed by atoms with Crippen LogP contribution >= 0.6 is 0 Å². The zero-order chi connectivity index (χ0) is 29.5. The van der Waals surface area contributed by atoms with Gasteiger partial charge < -0.3 is 20.1 Å². The number of carbonyl (C=O) groups is 3. The number of allylic oxidation sites excluding steroid dienone is 2. The van der Waals surface area contributed by atoms with Gasteiger partial charge in [0, 0.05) is 13.0 Å². The highest BCUT2D eigenvalue weighted by Gasteiger charge is 2.32. The molecule has 2 aromatic carbocycles. The lowest BCUT2D eigenvalue weighted by Crippen LogP contribution is -2.41. The molecule has 1 heterocycles. The molecule has 1 saturated heterocycles. The van der Waals surface area contributed by atoms with Crippen molar-refractivity contribution in [3.8, 4) is 0 Å². The van der Waals surface area contributed by atoms with E-state index < -0.39 is 12.0 Å². The van der Waals surface area contributed by atoms with Crippen molar-refractivity contribution in [3.63, 3.8) is 0 Å². The molecule has 2 aromatic rings. The fourth-order valence-corrected chi connectivity index (χ4v) is 5.35. The van der Waals surface area contributed by atoms with Crippen LogP contribution in [0.15, 0.2) is 86.0 Å². The second-order valence-corrected chi connectivity index (χ2v) is 10.7. The largest absolute Gasteiger partial charge is 0.455 e. The second-order valence-electron chi connectivity index (χ2n) is 10.7. The Kier molecular flexibility index (Phi) is 13.3. The molecule has 0 radical (unpaired) electrons. The number of hydrogen-bond donors (Lipinski definition) is 2. The minimum atomic E-state index is -0.678. The monoisotopic (exact) mass is 560 g/mol. The molecule has 3 rings (SSSR count). The second kappa shape index (κ2) is 17.2. The van der Waals surface area contributed by atoms with Gasteiger partial charge in [-0.25, -0.2) is 0 Å². The Balaban J connectivity index is 1.69. The number of rotatable bonds is 17. The first-order valence-electron chi connectivity index (χ1n) is 14.7. The lowest BCUT2D eigenvalue weighted by molar-refractivity contribution is -0.155. The zero-order valence-corrected chi connectivity index (χ0v) is 24.0. The van der Waals surface area contributed by atoms with Crippen LogP contribution in [0.25, 0.3) is 0 Å². The Labute approximate surface area is 244 Å². The van der Waals surface area contributed by atoms with E-state index in [1.54, 1.807) is 11.0 Å². The number of benzene rings is 2. The first-order valence-corrected chi connectivity index (χ1v) is 14.7. The number of nitrogens with one attached hydrogen (secondary N) is 1. The maximum Gasteiger partial charge on any atom is 0.309 e. The van der Waals surface area contributed by atoms with Gasteiger partial charge in [-0.2, -0.15) is 0 Å². The number of hydrogen-bond acceptors (Lipinski definition) is 5. The third kappa shape index (κ3) is 10.0. The highest BCUT2D eigenvalue weighted by Crippen LogP contribution is 2.24. The van der Waals surface area contributed by atoms with E-state index in [1.165, 1.54) is 0 Å². The van der Waals surface area contributed by atoms with E-state index in [9.17, 15) is 19.5 Å². The van der Waals surface area contributed by atoms with Crippen LogP contribution in [0.2, 0.25) is 0 Å². The summed E-state index contributed by atoms with van der Waals surface area (Å²) in [6.45, 7) is 8.16. The minimum absolute atomic E-state index is 0.0343. The maximum atomic E-state index is 13.5. The fraction of sp³-hybridized carbons (Fsp3) is 0.441. The number of ether oxygens (including phenoxy) is 1. The number of aliphatic hydroxyl groups excluding tert-OH is 1. The van der Waals surface area contributed by atoms with Gasteiger partial charge >= 0.3 is 5.97 Å². The molecule has 2 N–H and O–H groups in total. The van der Waals surface area contributed by atoms with Crippen LogP contribution in [-0.2, 0) is 25.5 Å². The molecule has 2 amide bonds. The van der Waals surface area contributed by atoms with Crippen molar-refractivity contribution >= 4 is 17.8 Å². The highest BCUT2D eigenvalue weighted by atomic mass is 16.5. The number of nitrogens with zero attached hydrogens (tertiary/aromatic N) is 1. The average molecular weight is 561 g/mol. The zero-order valence-electron chi connectivity index (χ0n) is 24.0. The Morgan fingerprint density at radius 3 is 2.39 bits per heavy atom. The number of esters is 1. The third-order valence-corrected chi connectivity index (χ3v) is 7.66. The minimum Gasteiger partial charge on any atom is -0.455 e. The van der Waals surface area contributed by atoms with Gasteiger partial charge in [-0.1, -0.05) is 72.8 Å². The Hall–Kier alpha value is -3.71. The third-order valence-electron chi connectivity index (χ3n) is 7.66. The van der Waals surface area contributed by atoms with E-state index in [4.69, 9.17) is 4.74 Å². The molecule has 1 fully saturated rings. The van der Waals surface area contributed by atoms with E-state index in [0.29, 0.717) is 25.8 Å². The van der Waals surface area contributed by atoms with Crippen LogP contribution in [0.1, 0.15) is 62.2 Å². The van der Waals surface area contributed by atoms with Crippen LogP contribution in [0.3, 0.4) is 0 Å². The summed E-state index contributed by atoms with van der Waals surface area (Å²) in [5.74, 6) is -1.66. The quantitative estimate of drug-likeness (QED) is 0.158. The topological polar surface area (TPSA) is 95.9 Å². The summed E-state index contributed by atoms with van der Waals surface area (Å²) in [5.41, 5.74) is 1.85. The summed E-state index contributed by atoms with van der Waals surface area (Å²) in [7, 11) is 0. The van der Waals surface area contributed by atoms with Gasteiger partial charge in [0.25, 0.3) is 0 Å². The fourth-order valence-electron chi connectivity index (χ4n) is 5.35. The predicted octanol–water partition coefficient (Wildman–Crippen LogP) is 5.17. The van der Waals surface area contributed by atoms with Crippen LogP contribution in [0, 0.1) is 11.8 Å². The molecular weight excluding hydrogens is 516 g/mol. The summed E-state index contributed by atoms with van der Waals surface area (Å²) in [6.07, 6.45) is 7.68. The molecule has 0 bridgehead atoms. The molecule has 1 aliphatic heterocycles. The van der Waals surface area contributed by atoms with Crippen LogP contribution < -0.4 is 5.32 Å². The first kappa shape index (κ1) is 31.8. The molecule has 0 unspecified atom stereocenters. The van der Waals surface area contributed by atoms with Gasteiger partial charge in [0.2, 0.25) is 11.8 Å². The van der Waals surface area contributed by atoms with Gasteiger partial charge in [-0.15, -0.1) is 13.2 Å². The van der Waals surface area contributed by atoms with Crippen LogP contribution in [-0.4, -0.2) is 53.5 Å². The van der Waals surface area contributed by atoms with Crippen LogP contribution in [0.5, 0.6) is 0 Å². The molecule has 4 atom stereocenters. The molecule has 0 aromatic heterocycles. The number of amides is 2. The van der Waals surface area contributed by atoms with E-state index in [0.717, 1.165) is 36.8 Å². The normalized spacial score (nSPS) is 16.8. The lowest BCUT2D eigenvalue weighted by atomic mass is 9.94. The van der Waals surface area contributed by atoms with E-state index >= 15 is 0 Å². The molecule has 1 aliphatic rings. The Morgan fingerprint density at radius 1 is 1.02 bits per heavy atom. The van der Waals surface area contributed by atoms with Crippen molar-refractivity contribution in [2.45, 2.75) is 63.5 Å².